The van der Waals surface area contributed by atoms with Gasteiger partial charge in [-0.1, -0.05) is 18.6 Å². The molecule has 0 bridgehead atoms. The molecule has 4 rings (SSSR count). The van der Waals surface area contributed by atoms with Gasteiger partial charge < -0.3 is 5.32 Å². The number of fused-ring (bicyclic) bond motifs is 1. The van der Waals surface area contributed by atoms with Gasteiger partial charge in [0.1, 0.15) is 11.6 Å². The average molecular weight is 390 g/mol. The molecule has 142 valence electrons. The average Bonchev–Trinajstić information content (AvgIpc) is 2.91. The summed E-state index contributed by atoms with van der Waals surface area (Å²) < 4.78 is 14.6. The van der Waals surface area contributed by atoms with Crippen LogP contribution < -0.4 is 15.1 Å². The van der Waals surface area contributed by atoms with E-state index in [1.54, 1.807) is 30.2 Å². The molecule has 2 amide bonds. The normalized spacial score (nSPS) is 20.4. The van der Waals surface area contributed by atoms with E-state index in [4.69, 9.17) is 11.6 Å². The minimum absolute atomic E-state index is 0.0698. The molecule has 2 aliphatic heterocycles. The molecule has 0 radical (unpaired) electrons. The van der Waals surface area contributed by atoms with Crippen LogP contribution in [0.4, 0.5) is 20.7 Å². The summed E-state index contributed by atoms with van der Waals surface area (Å²) in [6, 6.07) is 4.48. The molecule has 8 heteroatoms. The van der Waals surface area contributed by atoms with Crippen molar-refractivity contribution in [2.45, 2.75) is 38.8 Å². The SMILES string of the molecule is Cc1cccc(F)c1N1Cc2cnc(Cl)nc2N([C@@H]2CCCCNC2)C1=O. The largest absolute Gasteiger partial charge is 0.330 e. The van der Waals surface area contributed by atoms with Crippen LogP contribution in [0.5, 0.6) is 0 Å². The number of urea groups is 1. The van der Waals surface area contributed by atoms with E-state index in [1.807, 2.05) is 0 Å². The number of anilines is 2. The van der Waals surface area contributed by atoms with E-state index in [1.165, 1.54) is 11.0 Å². The van der Waals surface area contributed by atoms with Crippen molar-refractivity contribution in [3.8, 4) is 0 Å². The van der Waals surface area contributed by atoms with Gasteiger partial charge in [0.25, 0.3) is 0 Å². The summed E-state index contributed by atoms with van der Waals surface area (Å²) in [5, 5.41) is 3.48. The van der Waals surface area contributed by atoms with Gasteiger partial charge in [-0.05, 0) is 49.5 Å². The van der Waals surface area contributed by atoms with Crippen LogP contribution in [0.2, 0.25) is 5.28 Å². The minimum atomic E-state index is -0.416. The molecule has 27 heavy (non-hydrogen) atoms. The predicted molar refractivity (Wildman–Crippen MR) is 103 cm³/mol. The maximum Gasteiger partial charge on any atom is 0.330 e. The van der Waals surface area contributed by atoms with Gasteiger partial charge in [0.05, 0.1) is 18.3 Å². The lowest BCUT2D eigenvalue weighted by molar-refractivity contribution is 0.246. The van der Waals surface area contributed by atoms with Gasteiger partial charge >= 0.3 is 6.03 Å². The van der Waals surface area contributed by atoms with Crippen LogP contribution in [-0.2, 0) is 6.54 Å². The lowest BCUT2D eigenvalue weighted by atomic mass is 10.1. The molecular weight excluding hydrogens is 369 g/mol. The van der Waals surface area contributed by atoms with E-state index in [0.29, 0.717) is 23.6 Å². The lowest BCUT2D eigenvalue weighted by Crippen LogP contribution is -2.55. The van der Waals surface area contributed by atoms with Crippen molar-refractivity contribution >= 4 is 29.1 Å². The molecule has 1 aromatic carbocycles. The first-order chi connectivity index (χ1) is 13.1. The van der Waals surface area contributed by atoms with Crippen LogP contribution in [0.1, 0.15) is 30.4 Å². The van der Waals surface area contributed by atoms with Gasteiger partial charge in [-0.2, -0.15) is 4.98 Å². The van der Waals surface area contributed by atoms with Crippen molar-refractivity contribution < 1.29 is 9.18 Å². The first kappa shape index (κ1) is 18.1. The number of nitrogens with zero attached hydrogens (tertiary/aromatic N) is 4. The Bertz CT molecular complexity index is 849. The van der Waals surface area contributed by atoms with Gasteiger partial charge in [-0.15, -0.1) is 0 Å². The second-order valence-corrected chi connectivity index (χ2v) is 7.32. The first-order valence-corrected chi connectivity index (χ1v) is 9.52. The van der Waals surface area contributed by atoms with Crippen molar-refractivity contribution in [3.05, 3.63) is 46.6 Å². The number of nitrogens with one attached hydrogen (secondary N) is 1. The fourth-order valence-electron chi connectivity index (χ4n) is 3.85. The first-order valence-electron chi connectivity index (χ1n) is 9.14. The number of hydrogen-bond acceptors (Lipinski definition) is 4. The Labute approximate surface area is 162 Å². The highest BCUT2D eigenvalue weighted by Gasteiger charge is 2.38. The van der Waals surface area contributed by atoms with E-state index < -0.39 is 5.82 Å². The number of aromatic nitrogens is 2. The van der Waals surface area contributed by atoms with Gasteiger partial charge in [-0.25, -0.2) is 14.2 Å². The molecule has 1 aromatic heterocycles. The summed E-state index contributed by atoms with van der Waals surface area (Å²) in [6.45, 7) is 3.60. The number of aryl methyl sites for hydroxylation is 1. The van der Waals surface area contributed by atoms with E-state index in [-0.39, 0.29) is 23.9 Å². The molecule has 1 N–H and O–H groups in total. The number of para-hydroxylation sites is 1. The summed E-state index contributed by atoms with van der Waals surface area (Å²) in [7, 11) is 0. The van der Waals surface area contributed by atoms with Crippen molar-refractivity contribution in [3.63, 3.8) is 0 Å². The third kappa shape index (κ3) is 3.37. The van der Waals surface area contributed by atoms with Gasteiger partial charge in [0, 0.05) is 18.3 Å². The van der Waals surface area contributed by atoms with E-state index >= 15 is 0 Å². The highest BCUT2D eigenvalue weighted by atomic mass is 35.5. The number of rotatable bonds is 2. The molecular formula is C19H21ClFN5O. The molecule has 0 aliphatic carbocycles. The maximum atomic E-state index is 14.6. The number of benzene rings is 1. The maximum absolute atomic E-state index is 14.6. The van der Waals surface area contributed by atoms with E-state index in [0.717, 1.165) is 31.4 Å². The number of halogens is 2. The molecule has 6 nitrogen and oxygen atoms in total. The topological polar surface area (TPSA) is 61.4 Å². The Kier molecular flexibility index (Phi) is 4.97. The van der Waals surface area contributed by atoms with Crippen LogP contribution in [0, 0.1) is 12.7 Å². The zero-order valence-electron chi connectivity index (χ0n) is 15.1. The molecule has 2 aliphatic rings. The fourth-order valence-corrected chi connectivity index (χ4v) is 3.97. The Morgan fingerprint density at radius 1 is 1.33 bits per heavy atom. The van der Waals surface area contributed by atoms with Gasteiger partial charge in [0.15, 0.2) is 0 Å². The Morgan fingerprint density at radius 3 is 3.00 bits per heavy atom. The lowest BCUT2D eigenvalue weighted by Gasteiger charge is -2.40. The molecule has 3 heterocycles. The van der Waals surface area contributed by atoms with Crippen molar-refractivity contribution in [2.24, 2.45) is 0 Å². The molecule has 2 aromatic rings. The quantitative estimate of drug-likeness (QED) is 0.796. The molecule has 0 unspecified atom stereocenters. The molecule has 0 saturated carbocycles. The van der Waals surface area contributed by atoms with Crippen LogP contribution in [0.15, 0.2) is 24.4 Å². The minimum Gasteiger partial charge on any atom is -0.315 e. The van der Waals surface area contributed by atoms with Crippen LogP contribution in [0.3, 0.4) is 0 Å². The van der Waals surface area contributed by atoms with Crippen molar-refractivity contribution in [1.82, 2.24) is 15.3 Å². The van der Waals surface area contributed by atoms with Crippen molar-refractivity contribution in [1.29, 1.82) is 0 Å². The predicted octanol–water partition coefficient (Wildman–Crippen LogP) is 3.67. The van der Waals surface area contributed by atoms with Gasteiger partial charge in [0.2, 0.25) is 5.28 Å². The van der Waals surface area contributed by atoms with E-state index in [2.05, 4.69) is 15.3 Å². The second kappa shape index (κ2) is 7.40. The monoisotopic (exact) mass is 389 g/mol. The highest BCUT2D eigenvalue weighted by Crippen LogP contribution is 2.35. The highest BCUT2D eigenvalue weighted by molar-refractivity contribution is 6.28. The Balaban J connectivity index is 1.81. The molecule has 1 atom stereocenters. The summed E-state index contributed by atoms with van der Waals surface area (Å²) >= 11 is 6.02. The number of amides is 2. The fraction of sp³-hybridized carbons (Fsp3) is 0.421. The summed E-state index contributed by atoms with van der Waals surface area (Å²) in [4.78, 5) is 25.0. The third-order valence-electron chi connectivity index (χ3n) is 5.15. The van der Waals surface area contributed by atoms with Crippen LogP contribution >= 0.6 is 11.6 Å². The zero-order valence-corrected chi connectivity index (χ0v) is 15.8. The molecule has 1 saturated heterocycles. The summed E-state index contributed by atoms with van der Waals surface area (Å²) in [6.07, 6.45) is 4.54. The molecule has 0 spiro atoms. The zero-order chi connectivity index (χ0) is 19.0. The smallest absolute Gasteiger partial charge is 0.315 e. The summed E-state index contributed by atoms with van der Waals surface area (Å²) in [5.41, 5.74) is 1.77. The van der Waals surface area contributed by atoms with Crippen LogP contribution in [0.25, 0.3) is 0 Å². The summed E-state index contributed by atoms with van der Waals surface area (Å²) in [5.74, 6) is 0.111. The standard InChI is InChI=1S/C19H21ClFN5O/c1-12-5-4-7-15(21)16(12)25-11-13-9-23-18(20)24-17(13)26(19(25)27)14-6-2-3-8-22-10-14/h4-5,7,9,14,22H,2-3,6,8,10-11H2,1H3/t14-/m1/s1. The number of carbonyl (C=O) groups is 1. The Morgan fingerprint density at radius 2 is 2.19 bits per heavy atom. The van der Waals surface area contributed by atoms with Crippen molar-refractivity contribution in [2.75, 3.05) is 22.9 Å². The Hall–Kier alpha value is -2.25. The second-order valence-electron chi connectivity index (χ2n) is 6.99. The number of hydrogen-bond donors (Lipinski definition) is 1. The number of carbonyl (C=O) groups excluding carboxylic acids is 1. The van der Waals surface area contributed by atoms with Crippen LogP contribution in [-0.4, -0.2) is 35.1 Å². The van der Waals surface area contributed by atoms with E-state index in [9.17, 15) is 9.18 Å². The molecule has 1 fully saturated rings. The van der Waals surface area contributed by atoms with Gasteiger partial charge in [-0.3, -0.25) is 9.80 Å². The third-order valence-corrected chi connectivity index (χ3v) is 5.33.